The van der Waals surface area contributed by atoms with Crippen LogP contribution in [0.15, 0.2) is 115 Å². The van der Waals surface area contributed by atoms with Crippen molar-refractivity contribution in [1.29, 1.82) is 0 Å². The van der Waals surface area contributed by atoms with E-state index in [0.29, 0.717) is 26.4 Å². The summed E-state index contributed by atoms with van der Waals surface area (Å²) in [6.07, 6.45) is 0.945. The van der Waals surface area contributed by atoms with Crippen LogP contribution in [-0.4, -0.2) is 39.7 Å². The number of hydrogen-bond donors (Lipinski definition) is 0. The Morgan fingerprint density at radius 1 is 0.500 bits per heavy atom. The fraction of sp³-hybridized carbons (Fsp3) is 0.226. The van der Waals surface area contributed by atoms with Gasteiger partial charge in [-0.05, 0) is 54.1 Å². The van der Waals surface area contributed by atoms with Gasteiger partial charge in [0.25, 0.3) is 0 Å². The first-order chi connectivity index (χ1) is 17.8. The van der Waals surface area contributed by atoms with E-state index in [1.807, 2.05) is 0 Å². The zero-order valence-electron chi connectivity index (χ0n) is 20.5. The number of ether oxygens (including phenoxy) is 3. The fourth-order valence-corrected chi connectivity index (χ4v) is 8.56. The second-order valence-electron chi connectivity index (χ2n) is 8.38. The van der Waals surface area contributed by atoms with Crippen molar-refractivity contribution in [2.75, 3.05) is 39.7 Å². The van der Waals surface area contributed by atoms with E-state index < -0.39 is 13.9 Å². The number of halogens is 1. The highest BCUT2D eigenvalue weighted by Crippen LogP contribution is 2.58. The van der Waals surface area contributed by atoms with Gasteiger partial charge in [0.1, 0.15) is 42.2 Å². The molecule has 0 aliphatic carbocycles. The molecule has 36 heavy (non-hydrogen) atoms. The second kappa shape index (κ2) is 13.9. The summed E-state index contributed by atoms with van der Waals surface area (Å²) < 4.78 is 28.5. The van der Waals surface area contributed by atoms with E-state index in [4.69, 9.17) is 14.2 Å². The van der Waals surface area contributed by atoms with E-state index in [1.54, 1.807) is 0 Å². The highest BCUT2D eigenvalue weighted by molar-refractivity contribution is 7.95. The lowest BCUT2D eigenvalue weighted by Crippen LogP contribution is -2.32. The summed E-state index contributed by atoms with van der Waals surface area (Å²) in [5.41, 5.74) is 1.33. The predicted molar refractivity (Wildman–Crippen MR) is 148 cm³/mol. The highest BCUT2D eigenvalue weighted by atomic mass is 31.2. The zero-order valence-corrected chi connectivity index (χ0v) is 21.4. The van der Waals surface area contributed by atoms with E-state index in [2.05, 4.69) is 115 Å². The van der Waals surface area contributed by atoms with Gasteiger partial charge in [-0.15, -0.1) is 0 Å². The summed E-state index contributed by atoms with van der Waals surface area (Å²) in [4.78, 5) is 0. The summed E-state index contributed by atoms with van der Waals surface area (Å²) in [5, 5.41) is 4.03. The average molecular weight is 504 g/mol. The molecule has 4 aromatic carbocycles. The largest absolute Gasteiger partial charge is 0.491 e. The first kappa shape index (κ1) is 26.0. The van der Waals surface area contributed by atoms with Crippen molar-refractivity contribution in [2.45, 2.75) is 6.16 Å². The van der Waals surface area contributed by atoms with Gasteiger partial charge in [-0.1, -0.05) is 66.7 Å². The Morgan fingerprint density at radius 3 is 1.53 bits per heavy atom. The van der Waals surface area contributed by atoms with Gasteiger partial charge in [0.2, 0.25) is 0 Å². The zero-order chi connectivity index (χ0) is 24.9. The molecule has 0 radical (unpaired) electrons. The number of rotatable bonds is 14. The van der Waals surface area contributed by atoms with E-state index in [0.717, 1.165) is 11.9 Å². The summed E-state index contributed by atoms with van der Waals surface area (Å²) in [5.74, 6) is 0.815. The minimum Gasteiger partial charge on any atom is -0.491 e. The molecule has 0 fully saturated rings. The Labute approximate surface area is 214 Å². The lowest BCUT2D eigenvalue weighted by atomic mass is 10.2. The van der Waals surface area contributed by atoms with Crippen molar-refractivity contribution in [2.24, 2.45) is 0 Å². The fourth-order valence-electron chi connectivity index (χ4n) is 4.34. The maximum Gasteiger partial charge on any atom is 0.119 e. The third-order valence-corrected chi connectivity index (χ3v) is 10.4. The molecule has 0 aliphatic rings. The Balaban J connectivity index is 1.57. The maximum atomic E-state index is 12.0. The molecule has 4 rings (SSSR count). The van der Waals surface area contributed by atoms with Crippen LogP contribution in [0.5, 0.6) is 5.75 Å². The normalized spacial score (nSPS) is 11.4. The van der Waals surface area contributed by atoms with E-state index >= 15 is 0 Å². The minimum atomic E-state index is -1.97. The Hall–Kier alpha value is -3.04. The first-order valence-electron chi connectivity index (χ1n) is 12.3. The van der Waals surface area contributed by atoms with Crippen molar-refractivity contribution in [3.05, 3.63) is 121 Å². The van der Waals surface area contributed by atoms with Gasteiger partial charge in [0, 0.05) is 0 Å². The van der Waals surface area contributed by atoms with Crippen LogP contribution < -0.4 is 20.7 Å². The van der Waals surface area contributed by atoms with Crippen molar-refractivity contribution in [1.82, 2.24) is 0 Å². The molecule has 0 amide bonds. The summed E-state index contributed by atoms with van der Waals surface area (Å²) in [6.45, 7) is 1.38. The molecular weight excluding hydrogens is 470 g/mol. The monoisotopic (exact) mass is 503 g/mol. The summed E-state index contributed by atoms with van der Waals surface area (Å²) in [6, 6.07) is 41.1. The van der Waals surface area contributed by atoms with Crippen molar-refractivity contribution in [3.8, 4) is 5.75 Å². The topological polar surface area (TPSA) is 27.7 Å². The molecule has 0 bridgehead atoms. The van der Waals surface area contributed by atoms with Crippen LogP contribution in [0.4, 0.5) is 4.39 Å². The molecule has 0 heterocycles. The summed E-state index contributed by atoms with van der Waals surface area (Å²) in [7, 11) is -1.97. The molecule has 0 saturated heterocycles. The lowest BCUT2D eigenvalue weighted by Gasteiger charge is -2.28. The molecule has 4 aromatic rings. The third-order valence-electron chi connectivity index (χ3n) is 6.02. The molecule has 0 spiro atoms. The van der Waals surface area contributed by atoms with Crippen LogP contribution in [0.2, 0.25) is 0 Å². The molecule has 0 atom stereocenters. The number of hydrogen-bond acceptors (Lipinski definition) is 3. The molecule has 186 valence electrons. The molecular formula is C31H33FO3P+. The highest BCUT2D eigenvalue weighted by Gasteiger charge is 2.45. The minimum absolute atomic E-state index is 0.118. The van der Waals surface area contributed by atoms with Crippen molar-refractivity contribution >= 4 is 23.2 Å². The Morgan fingerprint density at radius 2 is 0.972 bits per heavy atom. The molecule has 0 N–H and O–H groups in total. The van der Waals surface area contributed by atoms with Gasteiger partial charge >= 0.3 is 0 Å². The standard InChI is InChI=1S/C31H33FO3P/c32-20-21-33-22-23-34-24-25-35-28-16-18-31(19-17-28)36(29-12-6-2-7-13-29,30-14-8-3-9-15-30)26-27-10-4-1-5-11-27/h1-19H,20-26H2/q+1. The van der Waals surface area contributed by atoms with Crippen molar-refractivity contribution < 1.29 is 18.6 Å². The predicted octanol–water partition coefficient (Wildman–Crippen LogP) is 5.56. The maximum absolute atomic E-state index is 12.0. The van der Waals surface area contributed by atoms with Crippen LogP contribution >= 0.6 is 7.26 Å². The average Bonchev–Trinajstić information content (AvgIpc) is 2.95. The van der Waals surface area contributed by atoms with Gasteiger partial charge in [-0.25, -0.2) is 4.39 Å². The SMILES string of the molecule is FCCOCCOCCOc1ccc([P+](Cc2ccccc2)(c2ccccc2)c2ccccc2)cc1. The number of benzene rings is 4. The lowest BCUT2D eigenvalue weighted by molar-refractivity contribution is 0.0325. The van der Waals surface area contributed by atoms with Gasteiger partial charge in [0.15, 0.2) is 0 Å². The smallest absolute Gasteiger partial charge is 0.119 e. The van der Waals surface area contributed by atoms with Crippen LogP contribution in [0.1, 0.15) is 5.56 Å². The van der Waals surface area contributed by atoms with Gasteiger partial charge in [-0.2, -0.15) is 0 Å². The molecule has 3 nitrogen and oxygen atoms in total. The van der Waals surface area contributed by atoms with Gasteiger partial charge < -0.3 is 14.2 Å². The van der Waals surface area contributed by atoms with Gasteiger partial charge in [0.05, 0.1) is 32.6 Å². The molecule has 0 aliphatic heterocycles. The van der Waals surface area contributed by atoms with Crippen LogP contribution in [-0.2, 0) is 15.6 Å². The molecule has 0 aromatic heterocycles. The molecule has 0 unspecified atom stereocenters. The van der Waals surface area contributed by atoms with Gasteiger partial charge in [-0.3, -0.25) is 0 Å². The van der Waals surface area contributed by atoms with Crippen LogP contribution in [0.3, 0.4) is 0 Å². The first-order valence-corrected chi connectivity index (χ1v) is 14.3. The Bertz CT molecular complexity index is 1100. The van der Waals surface area contributed by atoms with Crippen LogP contribution in [0, 0.1) is 0 Å². The quantitative estimate of drug-likeness (QED) is 0.167. The number of alkyl halides is 1. The third kappa shape index (κ3) is 6.79. The molecule has 0 saturated carbocycles. The molecule has 5 heteroatoms. The second-order valence-corrected chi connectivity index (χ2v) is 11.9. The summed E-state index contributed by atoms with van der Waals surface area (Å²) >= 11 is 0. The van der Waals surface area contributed by atoms with E-state index in [1.165, 1.54) is 21.5 Å². The van der Waals surface area contributed by atoms with E-state index in [9.17, 15) is 4.39 Å². The Kier molecular flexibility index (Phi) is 10.0. The van der Waals surface area contributed by atoms with Crippen LogP contribution in [0.25, 0.3) is 0 Å². The van der Waals surface area contributed by atoms with E-state index in [-0.39, 0.29) is 6.61 Å². The van der Waals surface area contributed by atoms with Crippen molar-refractivity contribution in [3.63, 3.8) is 0 Å².